The summed E-state index contributed by atoms with van der Waals surface area (Å²) in [7, 11) is 0. The fraction of sp³-hybridized carbons (Fsp3) is 0.286. The van der Waals surface area contributed by atoms with Gasteiger partial charge in [0, 0.05) is 29.7 Å². The molecule has 2 aromatic rings. The van der Waals surface area contributed by atoms with Crippen molar-refractivity contribution >= 4 is 39.8 Å². The number of carbonyl (C=O) groups is 3. The van der Waals surface area contributed by atoms with Gasteiger partial charge in [0.05, 0.1) is 18.0 Å². The summed E-state index contributed by atoms with van der Waals surface area (Å²) in [5.41, 5.74) is 2.61. The van der Waals surface area contributed by atoms with Gasteiger partial charge in [0.1, 0.15) is 0 Å². The molecule has 0 aliphatic carbocycles. The van der Waals surface area contributed by atoms with E-state index in [0.29, 0.717) is 30.7 Å². The van der Waals surface area contributed by atoms with Crippen molar-refractivity contribution in [3.63, 3.8) is 0 Å². The van der Waals surface area contributed by atoms with Crippen molar-refractivity contribution < 1.29 is 19.1 Å². The second-order valence-electron chi connectivity index (χ2n) is 6.81. The minimum Gasteiger partial charge on any atom is -0.348 e. The van der Waals surface area contributed by atoms with E-state index >= 15 is 0 Å². The molecule has 2 aliphatic heterocycles. The first-order valence-electron chi connectivity index (χ1n) is 9.24. The number of amides is 2. The maximum Gasteiger partial charge on any atom is 0.292 e. The van der Waals surface area contributed by atoms with Crippen LogP contribution in [0.1, 0.15) is 21.5 Å². The molecule has 29 heavy (non-hydrogen) atoms. The Morgan fingerprint density at radius 2 is 1.86 bits per heavy atom. The summed E-state index contributed by atoms with van der Waals surface area (Å²) in [6, 6.07) is 15.3. The Hall–Kier alpha value is -2.29. The van der Waals surface area contributed by atoms with Crippen LogP contribution in [-0.2, 0) is 16.1 Å². The molecule has 2 aliphatic rings. The van der Waals surface area contributed by atoms with Crippen molar-refractivity contribution in [2.45, 2.75) is 24.6 Å². The minimum atomic E-state index is -0.922. The molecule has 6 nitrogen and oxygen atoms in total. The molecule has 2 amide bonds. The molecule has 0 radical (unpaired) electrons. The maximum atomic E-state index is 12.8. The predicted molar refractivity (Wildman–Crippen MR) is 113 cm³/mol. The molecule has 1 unspecified atom stereocenters. The summed E-state index contributed by atoms with van der Waals surface area (Å²) in [6.07, 6.45) is -0.922. The standard InChI is InChI=1S/C21H20N2O4S2/c1-14-6-5-9-16-17(14)18(24)22(13-28-16)10-11-27-19-20(25)29-21(26)23(19)12-15-7-3-2-4-8-15/h2-9,19H,10-13H2,1H3. The van der Waals surface area contributed by atoms with Crippen molar-refractivity contribution in [3.05, 3.63) is 65.2 Å². The van der Waals surface area contributed by atoms with Gasteiger partial charge in [-0.15, -0.1) is 11.8 Å². The van der Waals surface area contributed by atoms with E-state index in [1.165, 1.54) is 4.90 Å². The third kappa shape index (κ3) is 4.19. The monoisotopic (exact) mass is 428 g/mol. The van der Waals surface area contributed by atoms with Crippen LogP contribution in [0.2, 0.25) is 0 Å². The quantitative estimate of drug-likeness (QED) is 0.698. The lowest BCUT2D eigenvalue weighted by molar-refractivity contribution is -0.129. The summed E-state index contributed by atoms with van der Waals surface area (Å²) in [6.45, 7) is 2.79. The smallest absolute Gasteiger partial charge is 0.292 e. The lowest BCUT2D eigenvalue weighted by Crippen LogP contribution is -2.41. The summed E-state index contributed by atoms with van der Waals surface area (Å²) in [5, 5.41) is -0.621. The molecule has 150 valence electrons. The van der Waals surface area contributed by atoms with Crippen LogP contribution in [-0.4, -0.2) is 51.3 Å². The molecule has 0 N–H and O–H groups in total. The second kappa shape index (κ2) is 8.61. The van der Waals surface area contributed by atoms with Gasteiger partial charge in [0.2, 0.25) is 11.3 Å². The predicted octanol–water partition coefficient (Wildman–Crippen LogP) is 3.74. The molecular weight excluding hydrogens is 408 g/mol. The van der Waals surface area contributed by atoms with Gasteiger partial charge in [-0.1, -0.05) is 42.5 Å². The van der Waals surface area contributed by atoms with Gasteiger partial charge in [0.25, 0.3) is 11.1 Å². The van der Waals surface area contributed by atoms with Gasteiger partial charge < -0.3 is 9.64 Å². The highest BCUT2D eigenvalue weighted by atomic mass is 32.2. The first-order chi connectivity index (χ1) is 14.0. The molecule has 2 aromatic carbocycles. The van der Waals surface area contributed by atoms with Gasteiger partial charge in [-0.25, -0.2) is 0 Å². The van der Waals surface area contributed by atoms with E-state index < -0.39 is 6.23 Å². The maximum absolute atomic E-state index is 12.8. The largest absolute Gasteiger partial charge is 0.348 e. The number of hydrogen-bond acceptors (Lipinski definition) is 6. The summed E-state index contributed by atoms with van der Waals surface area (Å²) >= 11 is 2.29. The molecule has 1 atom stereocenters. The zero-order chi connectivity index (χ0) is 20.4. The Kier molecular flexibility index (Phi) is 5.94. The first kappa shape index (κ1) is 20.0. The Balaban J connectivity index is 1.38. The van der Waals surface area contributed by atoms with Gasteiger partial charge >= 0.3 is 0 Å². The van der Waals surface area contributed by atoms with E-state index in [1.54, 1.807) is 16.7 Å². The third-order valence-corrected chi connectivity index (χ3v) is 6.76. The lowest BCUT2D eigenvalue weighted by atomic mass is 10.1. The molecule has 4 rings (SSSR count). The Morgan fingerprint density at radius 1 is 1.07 bits per heavy atom. The highest BCUT2D eigenvalue weighted by molar-refractivity contribution is 8.26. The molecule has 1 saturated heterocycles. The number of thioether (sulfide) groups is 2. The Labute approximate surface area is 177 Å². The number of nitrogens with zero attached hydrogens (tertiary/aromatic N) is 2. The van der Waals surface area contributed by atoms with Crippen LogP contribution < -0.4 is 0 Å². The van der Waals surface area contributed by atoms with Crippen molar-refractivity contribution in [2.75, 3.05) is 19.0 Å². The average Bonchev–Trinajstić information content (AvgIpc) is 2.97. The molecule has 0 spiro atoms. The zero-order valence-corrected chi connectivity index (χ0v) is 17.5. The van der Waals surface area contributed by atoms with Crippen molar-refractivity contribution in [3.8, 4) is 0 Å². The normalized spacial score (nSPS) is 19.1. The van der Waals surface area contributed by atoms with Crippen LogP contribution >= 0.6 is 23.5 Å². The van der Waals surface area contributed by atoms with E-state index in [0.717, 1.165) is 21.6 Å². The van der Waals surface area contributed by atoms with E-state index in [-0.39, 0.29) is 22.9 Å². The molecular formula is C21H20N2O4S2. The number of rotatable bonds is 6. The minimum absolute atomic E-state index is 0.0233. The number of carbonyl (C=O) groups excluding carboxylic acids is 3. The zero-order valence-electron chi connectivity index (χ0n) is 15.9. The highest BCUT2D eigenvalue weighted by Crippen LogP contribution is 2.32. The Morgan fingerprint density at radius 3 is 2.66 bits per heavy atom. The highest BCUT2D eigenvalue weighted by Gasteiger charge is 2.40. The van der Waals surface area contributed by atoms with Crippen LogP contribution in [0, 0.1) is 6.92 Å². The van der Waals surface area contributed by atoms with Crippen LogP contribution in [0.5, 0.6) is 0 Å². The number of benzene rings is 2. The van der Waals surface area contributed by atoms with Crippen LogP contribution in [0.3, 0.4) is 0 Å². The third-order valence-electron chi connectivity index (χ3n) is 4.85. The second-order valence-corrected chi connectivity index (χ2v) is 8.76. The first-order valence-corrected chi connectivity index (χ1v) is 11.0. The van der Waals surface area contributed by atoms with E-state index in [1.807, 2.05) is 55.5 Å². The van der Waals surface area contributed by atoms with Crippen molar-refractivity contribution in [2.24, 2.45) is 0 Å². The summed E-state index contributed by atoms with van der Waals surface area (Å²) in [5.74, 6) is 0.517. The van der Waals surface area contributed by atoms with Crippen LogP contribution in [0.4, 0.5) is 4.79 Å². The van der Waals surface area contributed by atoms with Crippen LogP contribution in [0.25, 0.3) is 0 Å². The van der Waals surface area contributed by atoms with Crippen molar-refractivity contribution in [1.82, 2.24) is 9.80 Å². The van der Waals surface area contributed by atoms with Gasteiger partial charge in [-0.3, -0.25) is 19.3 Å². The number of fused-ring (bicyclic) bond motifs is 1. The van der Waals surface area contributed by atoms with Crippen LogP contribution in [0.15, 0.2) is 53.4 Å². The molecule has 2 heterocycles. The number of ether oxygens (including phenoxy) is 1. The summed E-state index contributed by atoms with van der Waals surface area (Å²) in [4.78, 5) is 41.4. The van der Waals surface area contributed by atoms with E-state index in [9.17, 15) is 14.4 Å². The number of hydrogen-bond donors (Lipinski definition) is 0. The number of aryl methyl sites for hydroxylation is 1. The van der Waals surface area contributed by atoms with E-state index in [2.05, 4.69) is 0 Å². The van der Waals surface area contributed by atoms with Gasteiger partial charge in [-0.2, -0.15) is 0 Å². The summed E-state index contributed by atoms with van der Waals surface area (Å²) < 4.78 is 5.77. The molecule has 8 heteroatoms. The molecule has 0 aromatic heterocycles. The Bertz CT molecular complexity index is 951. The SMILES string of the molecule is Cc1cccc2c1C(=O)N(CCOC1C(=O)SC(=O)N1Cc1ccccc1)CS2. The molecule has 0 bridgehead atoms. The lowest BCUT2D eigenvalue weighted by Gasteiger charge is -2.30. The van der Waals surface area contributed by atoms with E-state index in [4.69, 9.17) is 4.74 Å². The van der Waals surface area contributed by atoms with Gasteiger partial charge in [0.15, 0.2) is 0 Å². The molecule has 0 saturated carbocycles. The van der Waals surface area contributed by atoms with Crippen molar-refractivity contribution in [1.29, 1.82) is 0 Å². The van der Waals surface area contributed by atoms with Gasteiger partial charge in [-0.05, 0) is 24.1 Å². The fourth-order valence-corrected chi connectivity index (χ4v) is 5.20. The molecule has 1 fully saturated rings. The fourth-order valence-electron chi connectivity index (χ4n) is 3.34. The topological polar surface area (TPSA) is 66.9 Å². The average molecular weight is 429 g/mol.